The number of benzene rings is 2. The molecule has 1 saturated heterocycles. The zero-order valence-electron chi connectivity index (χ0n) is 19.6. The third-order valence-electron chi connectivity index (χ3n) is 7.17. The number of aromatic amines is 1. The monoisotopic (exact) mass is 483 g/mol. The largest absolute Gasteiger partial charge is 0.417 e. The normalized spacial score (nSPS) is 17.9. The molecule has 2 aliphatic heterocycles. The fraction of sp³-hybridized carbons (Fsp3) is 0.250. The first-order valence-electron chi connectivity index (χ1n) is 12.2. The zero-order chi connectivity index (χ0) is 24.6. The summed E-state index contributed by atoms with van der Waals surface area (Å²) in [6, 6.07) is 15.6. The fourth-order valence-corrected chi connectivity index (χ4v) is 5.36. The Balaban J connectivity index is 1.24. The number of H-pyrrole nitrogens is 1. The van der Waals surface area contributed by atoms with Crippen molar-refractivity contribution in [2.24, 2.45) is 0 Å². The summed E-state index contributed by atoms with van der Waals surface area (Å²) in [5.41, 5.74) is 2.99. The van der Waals surface area contributed by atoms with Gasteiger partial charge in [0.05, 0.1) is 5.52 Å². The van der Waals surface area contributed by atoms with E-state index in [-0.39, 0.29) is 5.75 Å². The van der Waals surface area contributed by atoms with E-state index >= 15 is 0 Å². The topological polar surface area (TPSA) is 93.6 Å². The van der Waals surface area contributed by atoms with Gasteiger partial charge < -0.3 is 19.5 Å². The van der Waals surface area contributed by atoms with E-state index in [1.807, 2.05) is 18.2 Å². The van der Waals surface area contributed by atoms with Crippen LogP contribution >= 0.6 is 0 Å². The van der Waals surface area contributed by atoms with Crippen molar-refractivity contribution in [1.82, 2.24) is 14.6 Å². The number of pyridine rings is 1. The van der Waals surface area contributed by atoms with Crippen molar-refractivity contribution < 1.29 is 19.2 Å². The third kappa shape index (κ3) is 3.99. The molecular formula is C28H25N3O5. The minimum atomic E-state index is -0.821. The molecule has 0 saturated carbocycles. The number of nitrogens with one attached hydrogen (secondary N) is 1. The Kier molecular flexibility index (Phi) is 5.65. The summed E-state index contributed by atoms with van der Waals surface area (Å²) < 4.78 is 6.34. The molecule has 0 radical (unpaired) electrons. The Labute approximate surface area is 206 Å². The standard InChI is InChI=1S/C28H25N3O5/c32-25-9-10-26(33)36-31-24-8-4-2-6-20(24)21(27(35-25)28(31)34)13-16-30-14-11-18(12-15-30)22-17-29-23-7-3-1-5-19(22)23/h1-10,17-18,29H,11-16H2/b10-9-. The van der Waals surface area contributed by atoms with Crippen LogP contribution in [0.25, 0.3) is 21.8 Å². The molecular weight excluding hydrogens is 458 g/mol. The maximum atomic E-state index is 13.2. The van der Waals surface area contributed by atoms with Gasteiger partial charge in [0.2, 0.25) is 5.75 Å². The molecule has 1 fully saturated rings. The van der Waals surface area contributed by atoms with Crippen LogP contribution in [0.15, 0.2) is 71.7 Å². The van der Waals surface area contributed by atoms with E-state index in [0.29, 0.717) is 35.3 Å². The molecule has 0 atom stereocenters. The number of hydrogen-bond acceptors (Lipinski definition) is 6. The second-order valence-electron chi connectivity index (χ2n) is 9.24. The summed E-state index contributed by atoms with van der Waals surface area (Å²) in [5, 5.41) is 2.00. The van der Waals surface area contributed by atoms with E-state index in [1.165, 1.54) is 16.5 Å². The van der Waals surface area contributed by atoms with Crippen molar-refractivity contribution in [3.05, 3.63) is 88.4 Å². The van der Waals surface area contributed by atoms with Crippen LogP contribution in [0.4, 0.5) is 0 Å². The van der Waals surface area contributed by atoms with Crippen molar-refractivity contribution in [2.75, 3.05) is 19.6 Å². The van der Waals surface area contributed by atoms with E-state index in [0.717, 1.165) is 42.8 Å². The lowest BCUT2D eigenvalue weighted by atomic mass is 9.89. The van der Waals surface area contributed by atoms with E-state index in [1.54, 1.807) is 12.1 Å². The van der Waals surface area contributed by atoms with E-state index < -0.39 is 17.5 Å². The van der Waals surface area contributed by atoms with Crippen molar-refractivity contribution in [2.45, 2.75) is 25.2 Å². The van der Waals surface area contributed by atoms with Crippen LogP contribution in [0.1, 0.15) is 29.9 Å². The zero-order valence-corrected chi connectivity index (χ0v) is 19.6. The smallest absolute Gasteiger partial charge is 0.356 e. The Morgan fingerprint density at radius 1 is 0.889 bits per heavy atom. The molecule has 2 aromatic carbocycles. The highest BCUT2D eigenvalue weighted by molar-refractivity contribution is 5.95. The lowest BCUT2D eigenvalue weighted by Gasteiger charge is -2.32. The number of carbonyl (C=O) groups excluding carboxylic acids is 2. The number of aromatic nitrogens is 2. The number of ether oxygens (including phenoxy) is 1. The molecule has 182 valence electrons. The molecule has 36 heavy (non-hydrogen) atoms. The number of likely N-dealkylation sites (tertiary alicyclic amines) is 1. The molecule has 6 rings (SSSR count). The fourth-order valence-electron chi connectivity index (χ4n) is 5.36. The molecule has 4 aromatic rings. The Morgan fingerprint density at radius 3 is 2.44 bits per heavy atom. The van der Waals surface area contributed by atoms with Gasteiger partial charge in [-0.2, -0.15) is 0 Å². The van der Waals surface area contributed by atoms with Crippen molar-refractivity contribution >= 4 is 33.7 Å². The first-order valence-corrected chi connectivity index (χ1v) is 12.2. The maximum absolute atomic E-state index is 13.2. The van der Waals surface area contributed by atoms with Crippen LogP contribution in [-0.2, 0) is 16.0 Å². The first-order chi connectivity index (χ1) is 17.6. The molecule has 8 heteroatoms. The van der Waals surface area contributed by atoms with Crippen molar-refractivity contribution in [3.8, 4) is 5.75 Å². The average molecular weight is 484 g/mol. The number of piperidine rings is 1. The second-order valence-corrected chi connectivity index (χ2v) is 9.24. The average Bonchev–Trinajstić information content (AvgIpc) is 3.34. The SMILES string of the molecule is O=C1/C=C\C(=O)On2c(=O)c(c(CCN3CCC(c4c[nH]c5ccccc45)CC3)c3ccccc32)O1. The number of carbonyl (C=O) groups is 2. The van der Waals surface area contributed by atoms with Crippen LogP contribution < -0.4 is 15.1 Å². The summed E-state index contributed by atoms with van der Waals surface area (Å²) in [6.45, 7) is 2.59. The van der Waals surface area contributed by atoms with Crippen LogP contribution in [0.5, 0.6) is 5.75 Å². The number of nitrogens with zero attached hydrogens (tertiary/aromatic N) is 2. The predicted octanol–water partition coefficient (Wildman–Crippen LogP) is 3.34. The molecule has 0 unspecified atom stereocenters. The minimum absolute atomic E-state index is 0.0910. The van der Waals surface area contributed by atoms with Crippen LogP contribution in [0.3, 0.4) is 0 Å². The van der Waals surface area contributed by atoms with Crippen LogP contribution in [0.2, 0.25) is 0 Å². The molecule has 0 amide bonds. The number of fused-ring (bicyclic) bond motifs is 5. The third-order valence-corrected chi connectivity index (χ3v) is 7.17. The molecule has 8 nitrogen and oxygen atoms in total. The molecule has 1 N–H and O–H groups in total. The van der Waals surface area contributed by atoms with Crippen LogP contribution in [0, 0.1) is 0 Å². The number of rotatable bonds is 4. The Bertz CT molecular complexity index is 1570. The quantitative estimate of drug-likeness (QED) is 0.448. The highest BCUT2D eigenvalue weighted by Crippen LogP contribution is 2.33. The summed E-state index contributed by atoms with van der Waals surface area (Å²) in [5.74, 6) is -1.19. The lowest BCUT2D eigenvalue weighted by Crippen LogP contribution is -2.35. The molecule has 2 aromatic heterocycles. The van der Waals surface area contributed by atoms with Gasteiger partial charge in [0.25, 0.3) is 0 Å². The summed E-state index contributed by atoms with van der Waals surface area (Å²) in [4.78, 5) is 48.5. The summed E-state index contributed by atoms with van der Waals surface area (Å²) in [7, 11) is 0. The Hall–Kier alpha value is -4.17. The molecule has 2 bridgehead atoms. The highest BCUT2D eigenvalue weighted by Gasteiger charge is 2.26. The molecule has 0 aliphatic carbocycles. The predicted molar refractivity (Wildman–Crippen MR) is 135 cm³/mol. The maximum Gasteiger partial charge on any atom is 0.356 e. The van der Waals surface area contributed by atoms with E-state index in [2.05, 4.69) is 34.3 Å². The van der Waals surface area contributed by atoms with Gasteiger partial charge in [0.1, 0.15) is 0 Å². The minimum Gasteiger partial charge on any atom is -0.417 e. The van der Waals surface area contributed by atoms with Crippen LogP contribution in [-0.4, -0.2) is 46.2 Å². The number of para-hydroxylation sites is 2. The highest BCUT2D eigenvalue weighted by atomic mass is 16.7. The molecule has 4 heterocycles. The van der Waals surface area contributed by atoms with Crippen molar-refractivity contribution in [1.29, 1.82) is 0 Å². The number of hydrogen-bond donors (Lipinski definition) is 1. The van der Waals surface area contributed by atoms with Gasteiger partial charge >= 0.3 is 17.5 Å². The molecule has 0 spiro atoms. The van der Waals surface area contributed by atoms with Gasteiger partial charge in [-0.3, -0.25) is 4.79 Å². The van der Waals surface area contributed by atoms with Gasteiger partial charge in [-0.25, -0.2) is 9.59 Å². The van der Waals surface area contributed by atoms with Crippen molar-refractivity contribution in [3.63, 3.8) is 0 Å². The van der Waals surface area contributed by atoms with Gasteiger partial charge in [0, 0.05) is 46.7 Å². The summed E-state index contributed by atoms with van der Waals surface area (Å²) in [6.07, 6.45) is 6.69. The summed E-state index contributed by atoms with van der Waals surface area (Å²) >= 11 is 0. The van der Waals surface area contributed by atoms with Gasteiger partial charge in [-0.15, -0.1) is 4.73 Å². The van der Waals surface area contributed by atoms with Gasteiger partial charge in [0.15, 0.2) is 0 Å². The van der Waals surface area contributed by atoms with Gasteiger partial charge in [-0.1, -0.05) is 36.4 Å². The Morgan fingerprint density at radius 2 is 1.61 bits per heavy atom. The lowest BCUT2D eigenvalue weighted by molar-refractivity contribution is -0.138. The van der Waals surface area contributed by atoms with Gasteiger partial charge in [-0.05, 0) is 56.0 Å². The van der Waals surface area contributed by atoms with E-state index in [4.69, 9.17) is 9.57 Å². The molecule has 2 aliphatic rings. The van der Waals surface area contributed by atoms with E-state index in [9.17, 15) is 14.4 Å². The number of esters is 1. The first kappa shape index (κ1) is 22.3. The second kappa shape index (κ2) is 9.13.